The molecule has 3 aromatic heterocycles. The Bertz CT molecular complexity index is 1800. The predicted octanol–water partition coefficient (Wildman–Crippen LogP) is 3.81. The fourth-order valence-corrected chi connectivity index (χ4v) is 6.96. The first-order valence-electron chi connectivity index (χ1n) is 17.7. The maximum atomic E-state index is 14.8. The molecule has 0 saturated carbocycles. The second kappa shape index (κ2) is 18.7. The highest BCUT2D eigenvalue weighted by Gasteiger charge is 2.39. The molecule has 0 unspecified atom stereocenters. The second-order valence-electron chi connectivity index (χ2n) is 13.5. The molecule has 0 aliphatic carbocycles. The lowest BCUT2D eigenvalue weighted by molar-refractivity contribution is -0.159. The van der Waals surface area contributed by atoms with E-state index in [0.717, 1.165) is 17.5 Å². The van der Waals surface area contributed by atoms with E-state index in [1.165, 1.54) is 17.1 Å². The van der Waals surface area contributed by atoms with Crippen LogP contribution < -0.4 is 10.6 Å². The molecule has 284 valence electrons. The summed E-state index contributed by atoms with van der Waals surface area (Å²) in [7, 11) is 0. The number of aliphatic hydroxyl groups is 1. The molecule has 0 aromatic carbocycles. The third-order valence-electron chi connectivity index (χ3n) is 8.95. The summed E-state index contributed by atoms with van der Waals surface area (Å²) in [5.74, 6) is -2.91. The van der Waals surface area contributed by atoms with Gasteiger partial charge in [0.1, 0.15) is 30.3 Å². The molecular formula is C37H46FN7O7S. The van der Waals surface area contributed by atoms with Gasteiger partial charge in [-0.3, -0.25) is 19.1 Å². The number of rotatable bonds is 7. The van der Waals surface area contributed by atoms with Gasteiger partial charge >= 0.3 is 5.97 Å². The molecule has 53 heavy (non-hydrogen) atoms. The molecule has 5 rings (SSSR count). The van der Waals surface area contributed by atoms with Gasteiger partial charge in [0.2, 0.25) is 11.8 Å². The summed E-state index contributed by atoms with van der Waals surface area (Å²) >= 11 is 1.56. The summed E-state index contributed by atoms with van der Waals surface area (Å²) in [4.78, 5) is 58.9. The third-order valence-corrected chi connectivity index (χ3v) is 9.63. The minimum atomic E-state index is -1.50. The number of carbonyl (C=O) groups is 4. The SMILES string of the molecule is CC1=C\[C@@H](O)C[C@@H](F)Cc2nc(co2)C(=O)N2CCC[C@@H]2C(=O)O[C@H](C(C)C)[C@H](CC(=O)NCCn2cc(-c3ccsc3)nn2)/C=C/C(=O)NC\C=C\1. The molecule has 3 aromatic rings. The lowest BCUT2D eigenvalue weighted by atomic mass is 9.89. The van der Waals surface area contributed by atoms with Gasteiger partial charge in [0.15, 0.2) is 11.6 Å². The minimum absolute atomic E-state index is 0.00161. The van der Waals surface area contributed by atoms with Crippen LogP contribution in [0.4, 0.5) is 4.39 Å². The van der Waals surface area contributed by atoms with Crippen LogP contribution in [-0.4, -0.2) is 97.7 Å². The number of nitrogens with zero attached hydrogens (tertiary/aromatic N) is 5. The third kappa shape index (κ3) is 11.3. The van der Waals surface area contributed by atoms with Crippen molar-refractivity contribution in [1.82, 2.24) is 35.5 Å². The molecule has 2 aliphatic heterocycles. The standard InChI is InChI=1S/C37H46FN7O7S/c1-23(2)35-25(17-33(48)40-12-14-44-20-29(42-43-44)26-10-15-53-22-26)8-9-32(47)39-11-4-6-24(3)16-28(46)18-27(38)19-34-41-30(21-51-34)36(49)45-13-5-7-31(45)37(50)52-35/h4,6,8-10,15-16,20-23,25,27-28,31,35,46H,5,7,11-14,17-19H2,1-3H3,(H,39,47)(H,40,48)/b6-4+,9-8+,24-16+/t25-,27+,28+,31+,35+/m0/s1. The molecule has 3 N–H and O–H groups in total. The second-order valence-corrected chi connectivity index (χ2v) is 14.3. The number of ether oxygens (including phenoxy) is 1. The first-order chi connectivity index (χ1) is 25.5. The van der Waals surface area contributed by atoms with E-state index in [9.17, 15) is 28.7 Å². The predicted molar refractivity (Wildman–Crippen MR) is 194 cm³/mol. The van der Waals surface area contributed by atoms with Crippen LogP contribution in [0.1, 0.15) is 62.8 Å². The molecule has 0 spiro atoms. The maximum Gasteiger partial charge on any atom is 0.329 e. The van der Waals surface area contributed by atoms with Gasteiger partial charge in [-0.1, -0.05) is 48.9 Å². The number of oxazole rings is 1. The van der Waals surface area contributed by atoms with Crippen molar-refractivity contribution in [2.24, 2.45) is 11.8 Å². The minimum Gasteiger partial charge on any atom is -0.460 e. The number of hydrogen-bond acceptors (Lipinski definition) is 11. The highest BCUT2D eigenvalue weighted by atomic mass is 32.1. The average Bonchev–Trinajstić information content (AvgIpc) is 3.94. The molecule has 2 aliphatic rings. The summed E-state index contributed by atoms with van der Waals surface area (Å²) in [6.07, 6.45) is 7.65. The van der Waals surface area contributed by atoms with E-state index in [0.29, 0.717) is 25.0 Å². The van der Waals surface area contributed by atoms with Crippen molar-refractivity contribution < 1.29 is 37.8 Å². The number of alkyl halides is 1. The monoisotopic (exact) mass is 751 g/mol. The molecule has 5 atom stereocenters. The maximum absolute atomic E-state index is 14.8. The van der Waals surface area contributed by atoms with Crippen LogP contribution in [0.2, 0.25) is 0 Å². The van der Waals surface area contributed by atoms with Crippen molar-refractivity contribution >= 4 is 35.0 Å². The molecule has 1 fully saturated rings. The molecule has 16 heteroatoms. The van der Waals surface area contributed by atoms with Gasteiger partial charge in [0.25, 0.3) is 5.91 Å². The van der Waals surface area contributed by atoms with Gasteiger partial charge in [0, 0.05) is 49.3 Å². The number of hydrogen-bond donors (Lipinski definition) is 3. The molecule has 3 amide bonds. The largest absolute Gasteiger partial charge is 0.460 e. The zero-order valence-corrected chi connectivity index (χ0v) is 30.8. The Kier molecular flexibility index (Phi) is 13.8. The number of esters is 1. The van der Waals surface area contributed by atoms with E-state index >= 15 is 0 Å². The van der Waals surface area contributed by atoms with Crippen molar-refractivity contribution in [3.8, 4) is 11.3 Å². The average molecular weight is 752 g/mol. The van der Waals surface area contributed by atoms with E-state index in [1.54, 1.807) is 47.4 Å². The number of cyclic esters (lactones) is 1. The van der Waals surface area contributed by atoms with Crippen molar-refractivity contribution in [2.45, 2.75) is 83.8 Å². The number of fused-ring (bicyclic) bond motifs is 3. The fourth-order valence-electron chi connectivity index (χ4n) is 6.31. The lowest BCUT2D eigenvalue weighted by Crippen LogP contribution is -2.44. The molecule has 5 heterocycles. The van der Waals surface area contributed by atoms with Crippen LogP contribution in [0.25, 0.3) is 11.3 Å². The van der Waals surface area contributed by atoms with Gasteiger partial charge in [-0.15, -0.1) is 5.10 Å². The number of nitrogens with one attached hydrogen (secondary N) is 2. The Morgan fingerprint density at radius 1 is 1.23 bits per heavy atom. The number of aromatic nitrogens is 4. The van der Waals surface area contributed by atoms with Crippen molar-refractivity contribution in [1.29, 1.82) is 0 Å². The summed E-state index contributed by atoms with van der Waals surface area (Å²) in [5, 5.41) is 28.3. The van der Waals surface area contributed by atoms with Gasteiger partial charge < -0.3 is 29.8 Å². The normalized spacial score (nSPS) is 25.9. The van der Waals surface area contributed by atoms with E-state index in [2.05, 4.69) is 25.9 Å². The van der Waals surface area contributed by atoms with Gasteiger partial charge in [-0.25, -0.2) is 14.2 Å². The zero-order chi connectivity index (χ0) is 37.9. The van der Waals surface area contributed by atoms with Crippen molar-refractivity contribution in [2.75, 3.05) is 19.6 Å². The summed E-state index contributed by atoms with van der Waals surface area (Å²) in [6, 6.07) is 1.03. The summed E-state index contributed by atoms with van der Waals surface area (Å²) < 4.78 is 27.9. The molecule has 2 bridgehead atoms. The van der Waals surface area contributed by atoms with Gasteiger partial charge in [0.05, 0.1) is 25.3 Å². The van der Waals surface area contributed by atoms with Crippen LogP contribution in [0.15, 0.2) is 69.7 Å². The van der Waals surface area contributed by atoms with E-state index in [4.69, 9.17) is 9.15 Å². The Labute approximate surface area is 311 Å². The molecule has 14 nitrogen and oxygen atoms in total. The van der Waals surface area contributed by atoms with Crippen LogP contribution in [0.3, 0.4) is 0 Å². The first kappa shape index (κ1) is 39.3. The lowest BCUT2D eigenvalue weighted by Gasteiger charge is -2.30. The fraction of sp³-hybridized carbons (Fsp3) is 0.486. The highest BCUT2D eigenvalue weighted by Crippen LogP contribution is 2.27. The Morgan fingerprint density at radius 3 is 2.83 bits per heavy atom. The van der Waals surface area contributed by atoms with Crippen molar-refractivity contribution in [3.05, 3.63) is 76.8 Å². The van der Waals surface area contributed by atoms with E-state index < -0.39 is 48.1 Å². The smallest absolute Gasteiger partial charge is 0.329 e. The van der Waals surface area contributed by atoms with Crippen LogP contribution in [-0.2, 0) is 32.1 Å². The highest BCUT2D eigenvalue weighted by molar-refractivity contribution is 7.08. The quantitative estimate of drug-likeness (QED) is 0.301. The number of allylic oxidation sites excluding steroid dienone is 2. The number of thiophene rings is 1. The molecule has 0 radical (unpaired) electrons. The molecule has 1 saturated heterocycles. The Balaban J connectivity index is 1.33. The number of amides is 3. The Morgan fingerprint density at radius 2 is 2.06 bits per heavy atom. The first-order valence-corrected chi connectivity index (χ1v) is 18.7. The summed E-state index contributed by atoms with van der Waals surface area (Å²) in [6.45, 7) is 6.52. The number of carbonyl (C=O) groups excluding carboxylic acids is 4. The van der Waals surface area contributed by atoms with E-state index in [1.807, 2.05) is 30.7 Å². The van der Waals surface area contributed by atoms with Gasteiger partial charge in [-0.2, -0.15) is 11.3 Å². The number of halogens is 1. The van der Waals surface area contributed by atoms with Crippen LogP contribution in [0, 0.1) is 11.8 Å². The Hall–Kier alpha value is -4.96. The number of aliphatic hydroxyl groups excluding tert-OH is 1. The van der Waals surface area contributed by atoms with Crippen molar-refractivity contribution in [3.63, 3.8) is 0 Å². The van der Waals surface area contributed by atoms with Gasteiger partial charge in [-0.05, 0) is 43.2 Å². The topological polar surface area (TPSA) is 182 Å². The van der Waals surface area contributed by atoms with E-state index in [-0.39, 0.29) is 62.3 Å². The molecular weight excluding hydrogens is 706 g/mol. The van der Waals surface area contributed by atoms with Crippen LogP contribution >= 0.6 is 11.3 Å². The zero-order valence-electron chi connectivity index (χ0n) is 30.0. The summed E-state index contributed by atoms with van der Waals surface area (Å²) in [5.41, 5.74) is 2.29. The van der Waals surface area contributed by atoms with Crippen LogP contribution in [0.5, 0.6) is 0 Å².